The second-order valence-electron chi connectivity index (χ2n) is 3.30. The standard InChI is InChI=1S/C10H22N2O3/c1-14-9-8-12(6-3-5-11)7-4-10(13)15-2/h3-9,11H2,1-2H3. The van der Waals surface area contributed by atoms with Crippen LogP contribution >= 0.6 is 0 Å². The molecule has 0 spiro atoms. The number of methoxy groups -OCH3 is 2. The first-order chi connectivity index (χ1) is 7.24. The van der Waals surface area contributed by atoms with Crippen molar-refractivity contribution in [3.63, 3.8) is 0 Å². The number of nitrogens with two attached hydrogens (primary N) is 1. The Bertz CT molecular complexity index is 157. The summed E-state index contributed by atoms with van der Waals surface area (Å²) in [7, 11) is 3.07. The summed E-state index contributed by atoms with van der Waals surface area (Å²) in [5.74, 6) is -0.176. The Morgan fingerprint density at radius 3 is 2.53 bits per heavy atom. The minimum absolute atomic E-state index is 0.176. The second-order valence-corrected chi connectivity index (χ2v) is 3.30. The van der Waals surface area contributed by atoms with Crippen LogP contribution in [0.25, 0.3) is 0 Å². The van der Waals surface area contributed by atoms with Gasteiger partial charge in [0.2, 0.25) is 0 Å². The van der Waals surface area contributed by atoms with E-state index in [0.29, 0.717) is 26.1 Å². The largest absolute Gasteiger partial charge is 0.469 e. The van der Waals surface area contributed by atoms with Gasteiger partial charge in [-0.15, -0.1) is 0 Å². The van der Waals surface area contributed by atoms with Crippen molar-refractivity contribution < 1.29 is 14.3 Å². The highest BCUT2D eigenvalue weighted by atomic mass is 16.5. The minimum Gasteiger partial charge on any atom is -0.469 e. The highest BCUT2D eigenvalue weighted by Crippen LogP contribution is 1.95. The molecule has 5 heteroatoms. The molecule has 0 saturated carbocycles. The zero-order valence-corrected chi connectivity index (χ0v) is 9.70. The fourth-order valence-electron chi connectivity index (χ4n) is 1.22. The molecule has 5 nitrogen and oxygen atoms in total. The lowest BCUT2D eigenvalue weighted by atomic mass is 10.3. The maximum absolute atomic E-state index is 11.0. The van der Waals surface area contributed by atoms with E-state index in [0.717, 1.165) is 19.5 Å². The number of carbonyl (C=O) groups is 1. The van der Waals surface area contributed by atoms with E-state index in [4.69, 9.17) is 10.5 Å². The van der Waals surface area contributed by atoms with Crippen LogP contribution in [0.15, 0.2) is 0 Å². The van der Waals surface area contributed by atoms with E-state index in [2.05, 4.69) is 9.64 Å². The first-order valence-electron chi connectivity index (χ1n) is 5.22. The third-order valence-corrected chi connectivity index (χ3v) is 2.15. The van der Waals surface area contributed by atoms with Crippen molar-refractivity contribution in [1.82, 2.24) is 4.90 Å². The average Bonchev–Trinajstić information content (AvgIpc) is 2.27. The lowest BCUT2D eigenvalue weighted by Crippen LogP contribution is -2.32. The number of rotatable bonds is 9. The molecule has 90 valence electrons. The van der Waals surface area contributed by atoms with Crippen molar-refractivity contribution in [2.24, 2.45) is 5.73 Å². The molecule has 0 saturated heterocycles. The Kier molecular flexibility index (Phi) is 9.46. The van der Waals surface area contributed by atoms with Gasteiger partial charge in [0.15, 0.2) is 0 Å². The fourth-order valence-corrected chi connectivity index (χ4v) is 1.22. The Labute approximate surface area is 91.5 Å². The SMILES string of the molecule is COCCN(CCCN)CCC(=O)OC. The van der Waals surface area contributed by atoms with Crippen molar-refractivity contribution >= 4 is 5.97 Å². The van der Waals surface area contributed by atoms with Gasteiger partial charge in [-0.05, 0) is 19.5 Å². The van der Waals surface area contributed by atoms with E-state index in [1.54, 1.807) is 7.11 Å². The summed E-state index contributed by atoms with van der Waals surface area (Å²) in [6, 6.07) is 0. The molecule has 0 aliphatic carbocycles. The Morgan fingerprint density at radius 2 is 2.00 bits per heavy atom. The Morgan fingerprint density at radius 1 is 1.27 bits per heavy atom. The number of esters is 1. The zero-order valence-electron chi connectivity index (χ0n) is 9.70. The van der Waals surface area contributed by atoms with Gasteiger partial charge in [0.05, 0.1) is 20.1 Å². The van der Waals surface area contributed by atoms with E-state index in [9.17, 15) is 4.79 Å². The molecule has 0 fully saturated rings. The molecule has 0 aliphatic rings. The lowest BCUT2D eigenvalue weighted by Gasteiger charge is -2.20. The maximum atomic E-state index is 11.0. The molecule has 0 bridgehead atoms. The summed E-state index contributed by atoms with van der Waals surface area (Å²) in [4.78, 5) is 13.1. The number of nitrogens with zero attached hydrogens (tertiary/aromatic N) is 1. The van der Waals surface area contributed by atoms with Crippen molar-refractivity contribution in [3.05, 3.63) is 0 Å². The van der Waals surface area contributed by atoms with Crippen LogP contribution in [0.5, 0.6) is 0 Å². The van der Waals surface area contributed by atoms with Gasteiger partial charge < -0.3 is 20.1 Å². The summed E-state index contributed by atoms with van der Waals surface area (Å²) >= 11 is 0. The normalized spacial score (nSPS) is 10.7. The Balaban J connectivity index is 3.72. The summed E-state index contributed by atoms with van der Waals surface area (Å²) in [6.45, 7) is 3.77. The van der Waals surface area contributed by atoms with Crippen molar-refractivity contribution in [2.75, 3.05) is 47.0 Å². The Hall–Kier alpha value is -0.650. The van der Waals surface area contributed by atoms with Gasteiger partial charge in [-0.1, -0.05) is 0 Å². The molecule has 0 aromatic rings. The van der Waals surface area contributed by atoms with Crippen LogP contribution < -0.4 is 5.73 Å². The predicted molar refractivity (Wildman–Crippen MR) is 58.6 cm³/mol. The van der Waals surface area contributed by atoms with E-state index in [-0.39, 0.29) is 5.97 Å². The molecule has 0 aliphatic heterocycles. The quantitative estimate of drug-likeness (QED) is 0.545. The van der Waals surface area contributed by atoms with Crippen LogP contribution in [0.1, 0.15) is 12.8 Å². The second kappa shape index (κ2) is 9.89. The monoisotopic (exact) mass is 218 g/mol. The van der Waals surface area contributed by atoms with Crippen LogP contribution in [-0.2, 0) is 14.3 Å². The molecule has 0 atom stereocenters. The molecule has 0 aromatic carbocycles. The third-order valence-electron chi connectivity index (χ3n) is 2.15. The summed E-state index contributed by atoms with van der Waals surface area (Å²) in [5, 5.41) is 0. The summed E-state index contributed by atoms with van der Waals surface area (Å²) < 4.78 is 9.58. The fraction of sp³-hybridized carbons (Fsp3) is 0.900. The number of hydrogen-bond acceptors (Lipinski definition) is 5. The van der Waals surface area contributed by atoms with Crippen LogP contribution in [0.2, 0.25) is 0 Å². The van der Waals surface area contributed by atoms with Gasteiger partial charge in [0.1, 0.15) is 0 Å². The van der Waals surface area contributed by atoms with Gasteiger partial charge in [-0.2, -0.15) is 0 Å². The highest BCUT2D eigenvalue weighted by Gasteiger charge is 2.07. The first-order valence-corrected chi connectivity index (χ1v) is 5.22. The molecule has 0 unspecified atom stereocenters. The number of carbonyl (C=O) groups excluding carboxylic acids is 1. The molecule has 0 heterocycles. The van der Waals surface area contributed by atoms with E-state index in [1.165, 1.54) is 7.11 Å². The first kappa shape index (κ1) is 14.3. The molecule has 0 radical (unpaired) electrons. The van der Waals surface area contributed by atoms with E-state index in [1.807, 2.05) is 0 Å². The highest BCUT2D eigenvalue weighted by molar-refractivity contribution is 5.69. The summed E-state index contributed by atoms with van der Waals surface area (Å²) in [6.07, 6.45) is 1.36. The van der Waals surface area contributed by atoms with Crippen LogP contribution in [0.3, 0.4) is 0 Å². The van der Waals surface area contributed by atoms with Crippen molar-refractivity contribution in [2.45, 2.75) is 12.8 Å². The van der Waals surface area contributed by atoms with E-state index < -0.39 is 0 Å². The van der Waals surface area contributed by atoms with Crippen molar-refractivity contribution in [3.8, 4) is 0 Å². The van der Waals surface area contributed by atoms with E-state index >= 15 is 0 Å². The smallest absolute Gasteiger partial charge is 0.306 e. The molecule has 2 N–H and O–H groups in total. The number of hydrogen-bond donors (Lipinski definition) is 1. The topological polar surface area (TPSA) is 64.8 Å². The molecule has 15 heavy (non-hydrogen) atoms. The van der Waals surface area contributed by atoms with Crippen LogP contribution in [-0.4, -0.2) is 57.9 Å². The molecule has 0 aromatic heterocycles. The predicted octanol–water partition coefficient (Wildman–Crippen LogP) is -0.153. The van der Waals surface area contributed by atoms with Crippen LogP contribution in [0.4, 0.5) is 0 Å². The zero-order chi connectivity index (χ0) is 11.5. The van der Waals surface area contributed by atoms with Gasteiger partial charge >= 0.3 is 5.97 Å². The van der Waals surface area contributed by atoms with Gasteiger partial charge in [-0.3, -0.25) is 4.79 Å². The molecule has 0 amide bonds. The van der Waals surface area contributed by atoms with Gasteiger partial charge in [-0.25, -0.2) is 0 Å². The van der Waals surface area contributed by atoms with Gasteiger partial charge in [0.25, 0.3) is 0 Å². The minimum atomic E-state index is -0.176. The van der Waals surface area contributed by atoms with Crippen LogP contribution in [0, 0.1) is 0 Å². The maximum Gasteiger partial charge on any atom is 0.306 e. The van der Waals surface area contributed by atoms with Crippen molar-refractivity contribution in [1.29, 1.82) is 0 Å². The average molecular weight is 218 g/mol. The third kappa shape index (κ3) is 8.35. The lowest BCUT2D eigenvalue weighted by molar-refractivity contribution is -0.141. The molecular weight excluding hydrogens is 196 g/mol. The molecular formula is C10H22N2O3. The van der Waals surface area contributed by atoms with Gasteiger partial charge in [0, 0.05) is 20.2 Å². The summed E-state index contributed by atoms with van der Waals surface area (Å²) in [5.41, 5.74) is 5.44. The molecule has 0 rings (SSSR count). The number of ether oxygens (including phenoxy) is 2.